The van der Waals surface area contributed by atoms with Gasteiger partial charge < -0.3 is 30.2 Å². The molecule has 1 aliphatic rings. The molecule has 1 aliphatic heterocycles. The Kier molecular flexibility index (Phi) is 15.6. The molecule has 0 radical (unpaired) electrons. The first-order valence-electron chi connectivity index (χ1n) is 13.5. The number of hydrogen-bond acceptors (Lipinski definition) is 7. The van der Waals surface area contributed by atoms with E-state index in [1.807, 2.05) is 18.2 Å². The van der Waals surface area contributed by atoms with Crippen LogP contribution in [0.4, 0.5) is 39.5 Å². The standard InChI is InChI=1S/C23H27N3O.3C2HF3O2/c1-25-14-16-26(17-15-25)13-11-20(18-6-3-2-4-7-18)21-10-9-19-8-5-12-24-22(19)23(21)27;3*3-2(4,5)1(6)7/h2-10,12,20,27H,11,13-17H2,1H3;3*(H,6,7). The fraction of sp³-hybridized carbons (Fsp3) is 0.379. The van der Waals surface area contributed by atoms with E-state index in [0.29, 0.717) is 11.3 Å². The number of phenolic OH excluding ortho intramolecular Hbond substituents is 1. The number of aliphatic carboxylic acids is 3. The lowest BCUT2D eigenvalue weighted by molar-refractivity contribution is -0.193. The lowest BCUT2D eigenvalue weighted by Gasteiger charge is -2.33. The van der Waals surface area contributed by atoms with Crippen LogP contribution in [0.3, 0.4) is 0 Å². The predicted molar refractivity (Wildman–Crippen MR) is 151 cm³/mol. The van der Waals surface area contributed by atoms with E-state index in [9.17, 15) is 44.6 Å². The molecule has 10 nitrogen and oxygen atoms in total. The van der Waals surface area contributed by atoms with Gasteiger partial charge in [-0.15, -0.1) is 0 Å². The summed E-state index contributed by atoms with van der Waals surface area (Å²) >= 11 is 0. The van der Waals surface area contributed by atoms with Crippen LogP contribution in [0, 0.1) is 0 Å². The zero-order valence-electron chi connectivity index (χ0n) is 24.9. The number of phenols is 1. The van der Waals surface area contributed by atoms with Gasteiger partial charge in [-0.25, -0.2) is 14.4 Å². The molecule has 266 valence electrons. The lowest BCUT2D eigenvalue weighted by Crippen LogP contribution is -2.44. The summed E-state index contributed by atoms with van der Waals surface area (Å²) in [6, 6.07) is 18.6. The Morgan fingerprint density at radius 3 is 1.62 bits per heavy atom. The van der Waals surface area contributed by atoms with E-state index in [0.717, 1.165) is 50.1 Å². The van der Waals surface area contributed by atoms with Crippen LogP contribution < -0.4 is 0 Å². The molecule has 0 amide bonds. The summed E-state index contributed by atoms with van der Waals surface area (Å²) in [6.45, 7) is 5.52. The van der Waals surface area contributed by atoms with Gasteiger partial charge in [0.2, 0.25) is 0 Å². The number of aromatic nitrogens is 1. The third-order valence-corrected chi connectivity index (χ3v) is 6.41. The fourth-order valence-electron chi connectivity index (χ4n) is 4.00. The summed E-state index contributed by atoms with van der Waals surface area (Å²) in [6.07, 6.45) is -12.5. The molecule has 19 heteroatoms. The molecular weight excluding hydrogens is 673 g/mol. The van der Waals surface area contributed by atoms with Crippen LogP contribution in [-0.4, -0.2) is 111 Å². The number of piperazine rings is 1. The van der Waals surface area contributed by atoms with Gasteiger partial charge in [0, 0.05) is 49.2 Å². The van der Waals surface area contributed by atoms with Crippen molar-refractivity contribution in [2.45, 2.75) is 30.9 Å². The number of likely N-dealkylation sites (N-methyl/N-ethyl adjacent to an activating group) is 1. The number of benzene rings is 2. The molecule has 2 heterocycles. The smallest absolute Gasteiger partial charge is 0.490 e. The summed E-state index contributed by atoms with van der Waals surface area (Å²) < 4.78 is 95.2. The minimum atomic E-state index is -5.08. The second-order valence-corrected chi connectivity index (χ2v) is 9.88. The van der Waals surface area contributed by atoms with Crippen molar-refractivity contribution in [3.05, 3.63) is 71.9 Å². The van der Waals surface area contributed by atoms with E-state index < -0.39 is 36.4 Å². The molecule has 0 saturated carbocycles. The van der Waals surface area contributed by atoms with Crippen molar-refractivity contribution < 1.29 is 74.3 Å². The molecule has 1 unspecified atom stereocenters. The van der Waals surface area contributed by atoms with Crippen molar-refractivity contribution >= 4 is 28.8 Å². The number of alkyl halides is 9. The largest absolute Gasteiger partial charge is 0.505 e. The second kappa shape index (κ2) is 18.0. The van der Waals surface area contributed by atoms with Gasteiger partial charge in [-0.1, -0.05) is 48.5 Å². The van der Waals surface area contributed by atoms with Crippen molar-refractivity contribution in [1.29, 1.82) is 0 Å². The van der Waals surface area contributed by atoms with Crippen molar-refractivity contribution in [3.63, 3.8) is 0 Å². The van der Waals surface area contributed by atoms with E-state index in [1.54, 1.807) is 6.20 Å². The summed E-state index contributed by atoms with van der Waals surface area (Å²) in [4.78, 5) is 36.0. The number of pyridine rings is 1. The minimum absolute atomic E-state index is 0.164. The van der Waals surface area contributed by atoms with E-state index in [-0.39, 0.29) is 5.92 Å². The topological polar surface area (TPSA) is 152 Å². The quantitative estimate of drug-likeness (QED) is 0.247. The Bertz CT molecular complexity index is 1420. The Morgan fingerprint density at radius 1 is 0.729 bits per heavy atom. The van der Waals surface area contributed by atoms with E-state index in [4.69, 9.17) is 29.7 Å². The highest BCUT2D eigenvalue weighted by atomic mass is 19.4. The average Bonchev–Trinajstić information content (AvgIpc) is 2.99. The number of carbonyl (C=O) groups is 3. The number of aromatic hydroxyl groups is 1. The molecule has 1 saturated heterocycles. The Labute approximate surface area is 266 Å². The monoisotopic (exact) mass is 703 g/mol. The molecule has 4 rings (SSSR count). The molecular formula is C29H30F9N3O7. The maximum atomic E-state index is 11.0. The first-order valence-corrected chi connectivity index (χ1v) is 13.5. The molecule has 1 fully saturated rings. The lowest BCUT2D eigenvalue weighted by atomic mass is 9.87. The minimum Gasteiger partial charge on any atom is -0.505 e. The number of fused-ring (bicyclic) bond motifs is 1. The van der Waals surface area contributed by atoms with Crippen LogP contribution in [0.1, 0.15) is 23.5 Å². The Balaban J connectivity index is 0.000000448. The second-order valence-electron chi connectivity index (χ2n) is 9.88. The summed E-state index contributed by atoms with van der Waals surface area (Å²) in [5.41, 5.74) is 2.91. The Morgan fingerprint density at radius 2 is 1.19 bits per heavy atom. The Hall–Kier alpha value is -4.65. The molecule has 0 aliphatic carbocycles. The molecule has 0 spiro atoms. The first-order chi connectivity index (χ1) is 22.1. The van der Waals surface area contributed by atoms with Crippen LogP contribution in [0.15, 0.2) is 60.8 Å². The normalized spacial score (nSPS) is 14.6. The third kappa shape index (κ3) is 14.4. The molecule has 2 aromatic carbocycles. The number of carboxylic acids is 3. The van der Waals surface area contributed by atoms with Crippen LogP contribution in [0.25, 0.3) is 10.9 Å². The number of halogens is 9. The predicted octanol–water partition coefficient (Wildman–Crippen LogP) is 5.61. The van der Waals surface area contributed by atoms with E-state index in [2.05, 4.69) is 58.2 Å². The van der Waals surface area contributed by atoms with Crippen molar-refractivity contribution in [1.82, 2.24) is 14.8 Å². The maximum Gasteiger partial charge on any atom is 0.490 e. The average molecular weight is 704 g/mol. The van der Waals surface area contributed by atoms with Gasteiger partial charge in [0.05, 0.1) is 0 Å². The van der Waals surface area contributed by atoms with Crippen LogP contribution in [-0.2, 0) is 14.4 Å². The zero-order valence-corrected chi connectivity index (χ0v) is 24.9. The maximum absolute atomic E-state index is 11.0. The summed E-state index contributed by atoms with van der Waals surface area (Å²) in [5, 5.41) is 33.3. The molecule has 3 aromatic rings. The van der Waals surface area contributed by atoms with E-state index >= 15 is 0 Å². The summed E-state index contributed by atoms with van der Waals surface area (Å²) in [5.74, 6) is -7.79. The van der Waals surface area contributed by atoms with Gasteiger partial charge in [0.15, 0.2) is 0 Å². The SMILES string of the molecule is CN1CCN(CCC(c2ccccc2)c2ccc3cccnc3c2O)CC1.O=C(O)C(F)(F)F.O=C(O)C(F)(F)F.O=C(O)C(F)(F)F. The highest BCUT2D eigenvalue weighted by Crippen LogP contribution is 2.37. The molecule has 1 aromatic heterocycles. The fourth-order valence-corrected chi connectivity index (χ4v) is 4.00. The van der Waals surface area contributed by atoms with Crippen LogP contribution in [0.5, 0.6) is 5.75 Å². The number of rotatable bonds is 5. The van der Waals surface area contributed by atoms with Crippen molar-refractivity contribution in [2.24, 2.45) is 0 Å². The van der Waals surface area contributed by atoms with E-state index in [1.165, 1.54) is 5.56 Å². The highest BCUT2D eigenvalue weighted by Gasteiger charge is 2.39. The molecule has 48 heavy (non-hydrogen) atoms. The van der Waals surface area contributed by atoms with Gasteiger partial charge in [0.1, 0.15) is 11.3 Å². The van der Waals surface area contributed by atoms with Crippen LogP contribution in [0.2, 0.25) is 0 Å². The first kappa shape index (κ1) is 41.4. The van der Waals surface area contributed by atoms with Crippen molar-refractivity contribution in [2.75, 3.05) is 39.8 Å². The van der Waals surface area contributed by atoms with Gasteiger partial charge >= 0.3 is 36.4 Å². The summed E-state index contributed by atoms with van der Waals surface area (Å²) in [7, 11) is 2.18. The van der Waals surface area contributed by atoms with Crippen LogP contribution >= 0.6 is 0 Å². The van der Waals surface area contributed by atoms with Gasteiger partial charge in [-0.3, -0.25) is 4.98 Å². The number of carboxylic acid groups (broad SMARTS) is 3. The highest BCUT2D eigenvalue weighted by molar-refractivity contribution is 5.85. The number of nitrogens with zero attached hydrogens (tertiary/aromatic N) is 3. The zero-order chi connectivity index (χ0) is 36.9. The van der Waals surface area contributed by atoms with Gasteiger partial charge in [-0.05, 0) is 31.6 Å². The molecule has 1 atom stereocenters. The third-order valence-electron chi connectivity index (χ3n) is 6.41. The number of hydrogen-bond donors (Lipinski definition) is 4. The van der Waals surface area contributed by atoms with Gasteiger partial charge in [-0.2, -0.15) is 39.5 Å². The van der Waals surface area contributed by atoms with Crippen molar-refractivity contribution in [3.8, 4) is 5.75 Å². The molecule has 4 N–H and O–H groups in total. The molecule has 0 bridgehead atoms. The van der Waals surface area contributed by atoms with Gasteiger partial charge in [0.25, 0.3) is 0 Å².